The summed E-state index contributed by atoms with van der Waals surface area (Å²) >= 11 is 0. The van der Waals surface area contributed by atoms with Crippen LogP contribution < -0.4 is 20.9 Å². The molecule has 0 spiro atoms. The minimum absolute atomic E-state index is 0.0134. The van der Waals surface area contributed by atoms with Gasteiger partial charge in [-0.3, -0.25) is 0 Å². The van der Waals surface area contributed by atoms with Crippen molar-refractivity contribution in [1.29, 1.82) is 0 Å². The molecule has 2 saturated carbocycles. The number of nitrogen functional groups attached to an aromatic ring is 2. The third-order valence-electron chi connectivity index (χ3n) is 10.0. The summed E-state index contributed by atoms with van der Waals surface area (Å²) in [5, 5.41) is 20.3. The van der Waals surface area contributed by atoms with Crippen LogP contribution in [-0.2, 0) is 0 Å². The van der Waals surface area contributed by atoms with Gasteiger partial charge in [-0.15, -0.1) is 0 Å². The number of rotatable bonds is 8. The zero-order chi connectivity index (χ0) is 33.0. The van der Waals surface area contributed by atoms with Crippen molar-refractivity contribution in [1.82, 2.24) is 0 Å². The van der Waals surface area contributed by atoms with Crippen molar-refractivity contribution in [3.8, 4) is 56.8 Å². The van der Waals surface area contributed by atoms with Crippen LogP contribution in [0.15, 0.2) is 97.1 Å². The number of ether oxygens (including phenoxy) is 2. The number of aromatic hydroxyl groups is 2. The number of phenolic OH excluding ortho intramolecular Hbond substituents is 2. The van der Waals surface area contributed by atoms with Crippen LogP contribution in [0.4, 0.5) is 11.4 Å². The van der Waals surface area contributed by atoms with Crippen LogP contribution in [0.3, 0.4) is 0 Å². The molecule has 0 heterocycles. The molecular formula is C42H44N2O4. The molecule has 0 unspecified atom stereocenters. The van der Waals surface area contributed by atoms with E-state index < -0.39 is 0 Å². The van der Waals surface area contributed by atoms with Gasteiger partial charge in [0, 0.05) is 12.1 Å². The van der Waals surface area contributed by atoms with E-state index in [1.807, 2.05) is 0 Å². The van der Waals surface area contributed by atoms with Gasteiger partial charge in [0.25, 0.3) is 0 Å². The maximum absolute atomic E-state index is 10.2. The first-order valence-electron chi connectivity index (χ1n) is 17.3. The van der Waals surface area contributed by atoms with Gasteiger partial charge in [-0.25, -0.2) is 0 Å². The van der Waals surface area contributed by atoms with Gasteiger partial charge in [-0.1, -0.05) is 74.9 Å². The summed E-state index contributed by atoms with van der Waals surface area (Å²) < 4.78 is 12.6. The molecule has 246 valence electrons. The van der Waals surface area contributed by atoms with E-state index in [9.17, 15) is 10.2 Å². The van der Waals surface area contributed by atoms with Gasteiger partial charge < -0.3 is 31.2 Å². The molecule has 0 amide bonds. The topological polar surface area (TPSA) is 111 Å². The Kier molecular flexibility index (Phi) is 9.15. The number of phenols is 2. The lowest BCUT2D eigenvalue weighted by molar-refractivity contribution is 0.438. The van der Waals surface area contributed by atoms with E-state index in [0.29, 0.717) is 34.7 Å². The zero-order valence-corrected chi connectivity index (χ0v) is 27.3. The van der Waals surface area contributed by atoms with Crippen molar-refractivity contribution in [3.05, 3.63) is 108 Å². The predicted molar refractivity (Wildman–Crippen MR) is 194 cm³/mol. The Balaban J connectivity index is 1.21. The molecule has 48 heavy (non-hydrogen) atoms. The Morgan fingerprint density at radius 2 is 0.812 bits per heavy atom. The van der Waals surface area contributed by atoms with Crippen molar-refractivity contribution in [3.63, 3.8) is 0 Å². The van der Waals surface area contributed by atoms with E-state index in [0.717, 1.165) is 33.8 Å². The number of hydrogen-bond acceptors (Lipinski definition) is 6. The van der Waals surface area contributed by atoms with E-state index in [-0.39, 0.29) is 11.5 Å². The highest BCUT2D eigenvalue weighted by Crippen LogP contribution is 2.41. The van der Waals surface area contributed by atoms with Crippen molar-refractivity contribution in [2.45, 2.75) is 76.0 Å². The first-order chi connectivity index (χ1) is 23.4. The second-order valence-electron chi connectivity index (χ2n) is 13.5. The van der Waals surface area contributed by atoms with Gasteiger partial charge in [0.1, 0.15) is 34.5 Å². The highest BCUT2D eigenvalue weighted by Gasteiger charge is 2.20. The third-order valence-corrected chi connectivity index (χ3v) is 10.0. The molecule has 2 aliphatic carbocycles. The Labute approximate surface area is 283 Å². The number of anilines is 2. The van der Waals surface area contributed by atoms with E-state index in [2.05, 4.69) is 60.7 Å². The molecule has 0 saturated heterocycles. The Morgan fingerprint density at radius 1 is 0.417 bits per heavy atom. The predicted octanol–water partition coefficient (Wildman–Crippen LogP) is 11.3. The van der Waals surface area contributed by atoms with Gasteiger partial charge in [-0.2, -0.15) is 0 Å². The van der Waals surface area contributed by atoms with E-state index in [1.165, 1.54) is 75.3 Å². The lowest BCUT2D eigenvalue weighted by Gasteiger charge is -2.24. The molecule has 0 aromatic heterocycles. The fraction of sp³-hybridized carbons (Fsp3) is 0.286. The van der Waals surface area contributed by atoms with Crippen molar-refractivity contribution in [2.75, 3.05) is 11.5 Å². The monoisotopic (exact) mass is 640 g/mol. The van der Waals surface area contributed by atoms with Crippen LogP contribution in [0.1, 0.15) is 87.2 Å². The van der Waals surface area contributed by atoms with Crippen molar-refractivity contribution in [2.24, 2.45) is 0 Å². The molecular weight excluding hydrogens is 596 g/mol. The van der Waals surface area contributed by atoms with Gasteiger partial charge in [0.15, 0.2) is 0 Å². The SMILES string of the molecule is Nc1ccc(Oc2cc(-c3ccc(-c4cc(Oc5ccc(N)c(O)c5)cc(C5CCCCC5)c4)cc3)cc(C3CCCCC3)c2)cc1O. The highest BCUT2D eigenvalue weighted by atomic mass is 16.5. The van der Waals surface area contributed by atoms with Crippen molar-refractivity contribution >= 4 is 11.4 Å². The summed E-state index contributed by atoms with van der Waals surface area (Å²) in [6.07, 6.45) is 12.3. The number of hydrogen-bond donors (Lipinski definition) is 4. The van der Waals surface area contributed by atoms with Gasteiger partial charge in [0.05, 0.1) is 11.4 Å². The molecule has 2 aliphatic rings. The van der Waals surface area contributed by atoms with Crippen LogP contribution in [0, 0.1) is 0 Å². The molecule has 2 fully saturated rings. The molecule has 6 N–H and O–H groups in total. The molecule has 0 radical (unpaired) electrons. The molecule has 0 bridgehead atoms. The van der Waals surface area contributed by atoms with Crippen LogP contribution in [0.25, 0.3) is 22.3 Å². The number of nitrogens with two attached hydrogens (primary N) is 2. The third kappa shape index (κ3) is 7.23. The van der Waals surface area contributed by atoms with Crippen LogP contribution in [0.5, 0.6) is 34.5 Å². The summed E-state index contributed by atoms with van der Waals surface area (Å²) in [5.74, 6) is 3.63. The quantitative estimate of drug-likeness (QED) is 0.0992. The molecule has 6 nitrogen and oxygen atoms in total. The molecule has 7 rings (SSSR count). The maximum atomic E-state index is 10.2. The van der Waals surface area contributed by atoms with Gasteiger partial charge in [0.2, 0.25) is 0 Å². The second-order valence-corrected chi connectivity index (χ2v) is 13.5. The molecule has 5 aromatic carbocycles. The normalized spacial score (nSPS) is 15.7. The summed E-state index contributed by atoms with van der Waals surface area (Å²) in [5.41, 5.74) is 19.3. The fourth-order valence-electron chi connectivity index (χ4n) is 7.34. The standard InChI is InChI=1S/C42H44N2O4/c43-39-17-15-35(25-41(39)45)47-37-21-31(27-7-3-1-4-8-27)19-33(23-37)29-11-13-30(14-12-29)34-20-32(28-9-5-2-6-10-28)22-38(24-34)48-36-16-18-40(44)42(46)26-36/h11-28,45-46H,1-10,43-44H2. The van der Waals surface area contributed by atoms with Crippen LogP contribution in [0.2, 0.25) is 0 Å². The first-order valence-corrected chi connectivity index (χ1v) is 17.3. The van der Waals surface area contributed by atoms with E-state index in [1.54, 1.807) is 36.4 Å². The lowest BCUT2D eigenvalue weighted by atomic mass is 9.82. The molecule has 6 heteroatoms. The van der Waals surface area contributed by atoms with E-state index in [4.69, 9.17) is 20.9 Å². The molecule has 0 atom stereocenters. The maximum Gasteiger partial charge on any atom is 0.142 e. The Hall–Kier alpha value is -5.10. The Morgan fingerprint density at radius 3 is 1.19 bits per heavy atom. The summed E-state index contributed by atoms with van der Waals surface area (Å²) in [7, 11) is 0. The van der Waals surface area contributed by atoms with Crippen LogP contribution >= 0.6 is 0 Å². The van der Waals surface area contributed by atoms with E-state index >= 15 is 0 Å². The van der Waals surface area contributed by atoms with Gasteiger partial charge in [-0.05, 0) is 119 Å². The second kappa shape index (κ2) is 13.9. The lowest BCUT2D eigenvalue weighted by Crippen LogP contribution is -2.05. The smallest absolute Gasteiger partial charge is 0.142 e. The molecule has 5 aromatic rings. The minimum Gasteiger partial charge on any atom is -0.506 e. The minimum atomic E-state index is 0.0134. The van der Waals surface area contributed by atoms with Crippen LogP contribution in [-0.4, -0.2) is 10.2 Å². The zero-order valence-electron chi connectivity index (χ0n) is 27.3. The number of benzene rings is 5. The first kappa shape index (κ1) is 31.5. The average Bonchev–Trinajstić information content (AvgIpc) is 3.12. The Bertz CT molecular complexity index is 1750. The highest BCUT2D eigenvalue weighted by molar-refractivity contribution is 5.73. The largest absolute Gasteiger partial charge is 0.506 e. The summed E-state index contributed by atoms with van der Waals surface area (Å²) in [6.45, 7) is 0. The average molecular weight is 641 g/mol. The van der Waals surface area contributed by atoms with Crippen molar-refractivity contribution < 1.29 is 19.7 Å². The summed E-state index contributed by atoms with van der Waals surface area (Å²) in [6, 6.07) is 31.8. The fourth-order valence-corrected chi connectivity index (χ4v) is 7.34. The molecule has 0 aliphatic heterocycles. The summed E-state index contributed by atoms with van der Waals surface area (Å²) in [4.78, 5) is 0. The van der Waals surface area contributed by atoms with Gasteiger partial charge >= 0.3 is 0 Å².